The van der Waals surface area contributed by atoms with Gasteiger partial charge in [-0.1, -0.05) is 49.4 Å². The molecule has 0 bridgehead atoms. The highest BCUT2D eigenvalue weighted by Crippen LogP contribution is 2.33. The molecule has 3 aromatic carbocycles. The zero-order chi connectivity index (χ0) is 28.4. The Hall–Kier alpha value is -3.92. The van der Waals surface area contributed by atoms with Crippen LogP contribution in [0.1, 0.15) is 32.8 Å². The highest BCUT2D eigenvalue weighted by Gasteiger charge is 2.34. The first-order valence-corrected chi connectivity index (χ1v) is 14.3. The number of hydrogen-bond donors (Lipinski definition) is 1. The third-order valence-corrected chi connectivity index (χ3v) is 7.82. The second kappa shape index (κ2) is 13.7. The molecular formula is C29H34FN3O5S. The van der Waals surface area contributed by atoms with E-state index in [2.05, 4.69) is 5.32 Å². The molecule has 0 radical (unpaired) electrons. The molecule has 0 aromatic heterocycles. The number of para-hydroxylation sites is 2. The van der Waals surface area contributed by atoms with Gasteiger partial charge in [-0.2, -0.15) is 0 Å². The van der Waals surface area contributed by atoms with Gasteiger partial charge in [-0.3, -0.25) is 13.9 Å². The van der Waals surface area contributed by atoms with Gasteiger partial charge in [-0.25, -0.2) is 12.8 Å². The van der Waals surface area contributed by atoms with Crippen molar-refractivity contribution >= 4 is 27.5 Å². The third-order valence-electron chi connectivity index (χ3n) is 6.05. The molecule has 2 amide bonds. The number of carbonyl (C=O) groups excluding carboxylic acids is 2. The zero-order valence-electron chi connectivity index (χ0n) is 22.3. The molecule has 10 heteroatoms. The molecule has 1 atom stereocenters. The average Bonchev–Trinajstić information content (AvgIpc) is 2.94. The van der Waals surface area contributed by atoms with E-state index in [4.69, 9.17) is 4.74 Å². The van der Waals surface area contributed by atoms with Crippen LogP contribution in [0.15, 0.2) is 83.8 Å². The topological polar surface area (TPSA) is 96.0 Å². The number of sulfonamides is 1. The molecule has 3 rings (SSSR count). The predicted molar refractivity (Wildman–Crippen MR) is 148 cm³/mol. The van der Waals surface area contributed by atoms with Crippen molar-refractivity contribution in [1.29, 1.82) is 0 Å². The first-order chi connectivity index (χ1) is 18.7. The van der Waals surface area contributed by atoms with Crippen LogP contribution < -0.4 is 14.4 Å². The van der Waals surface area contributed by atoms with Gasteiger partial charge in [0.1, 0.15) is 24.2 Å². The summed E-state index contributed by atoms with van der Waals surface area (Å²) in [6.07, 6.45) is 0.291. The first-order valence-electron chi connectivity index (χ1n) is 12.8. The summed E-state index contributed by atoms with van der Waals surface area (Å²) in [7, 11) is -4.21. The summed E-state index contributed by atoms with van der Waals surface area (Å²) in [5.74, 6) is -1.08. The molecule has 1 unspecified atom stereocenters. The third kappa shape index (κ3) is 7.35. The monoisotopic (exact) mass is 555 g/mol. The molecule has 0 heterocycles. The van der Waals surface area contributed by atoms with Gasteiger partial charge in [0.05, 0.1) is 17.2 Å². The molecule has 208 valence electrons. The molecule has 39 heavy (non-hydrogen) atoms. The lowest BCUT2D eigenvalue weighted by Crippen LogP contribution is -2.52. The predicted octanol–water partition coefficient (Wildman–Crippen LogP) is 4.36. The van der Waals surface area contributed by atoms with E-state index in [-0.39, 0.29) is 29.6 Å². The lowest BCUT2D eigenvalue weighted by Gasteiger charge is -2.33. The van der Waals surface area contributed by atoms with E-state index in [1.165, 1.54) is 41.3 Å². The minimum absolute atomic E-state index is 0.00459. The van der Waals surface area contributed by atoms with Gasteiger partial charge in [0, 0.05) is 13.1 Å². The number of halogens is 1. The number of benzene rings is 3. The molecular weight excluding hydrogens is 521 g/mol. The molecule has 0 aliphatic rings. The Balaban J connectivity index is 2.09. The molecule has 0 aliphatic carbocycles. The summed E-state index contributed by atoms with van der Waals surface area (Å²) < 4.78 is 48.1. The standard InChI is InChI=1S/C29H34FN3O5S/c1-4-25(29(35)31-5-2)32(20-22-16-18-23(30)19-17-22)28(34)21-33(26-14-10-11-15-27(26)38-6-3)39(36,37)24-12-8-7-9-13-24/h7-19,25H,4-6,20-21H2,1-3H3,(H,31,35). The number of rotatable bonds is 13. The number of amides is 2. The SMILES string of the molecule is CCNC(=O)C(CC)N(Cc1ccc(F)cc1)C(=O)CN(c1ccccc1OCC)S(=O)(=O)c1ccccc1. The van der Waals surface area contributed by atoms with Gasteiger partial charge in [0.2, 0.25) is 11.8 Å². The summed E-state index contributed by atoms with van der Waals surface area (Å²) in [6.45, 7) is 5.38. The normalized spacial score (nSPS) is 11.9. The van der Waals surface area contributed by atoms with Crippen LogP contribution in [0.5, 0.6) is 5.75 Å². The molecule has 0 saturated heterocycles. The van der Waals surface area contributed by atoms with Crippen molar-refractivity contribution < 1.29 is 27.1 Å². The lowest BCUT2D eigenvalue weighted by atomic mass is 10.1. The molecule has 0 aliphatic heterocycles. The summed E-state index contributed by atoms with van der Waals surface area (Å²) >= 11 is 0. The molecule has 3 aromatic rings. The van der Waals surface area contributed by atoms with Gasteiger partial charge in [0.15, 0.2) is 0 Å². The van der Waals surface area contributed by atoms with Gasteiger partial charge in [-0.15, -0.1) is 0 Å². The Kier molecular flexibility index (Phi) is 10.4. The van der Waals surface area contributed by atoms with Crippen molar-refractivity contribution in [3.8, 4) is 5.75 Å². The van der Waals surface area contributed by atoms with E-state index in [1.807, 2.05) is 0 Å². The molecule has 0 saturated carbocycles. The summed E-state index contributed by atoms with van der Waals surface area (Å²) in [4.78, 5) is 28.3. The van der Waals surface area contributed by atoms with Crippen LogP contribution in [0.3, 0.4) is 0 Å². The first kappa shape index (κ1) is 29.6. The van der Waals surface area contributed by atoms with E-state index < -0.39 is 34.3 Å². The van der Waals surface area contributed by atoms with Gasteiger partial charge in [-0.05, 0) is 62.2 Å². The Morgan fingerprint density at radius 2 is 1.56 bits per heavy atom. The minimum Gasteiger partial charge on any atom is -0.492 e. The molecule has 8 nitrogen and oxygen atoms in total. The van der Waals surface area contributed by atoms with E-state index in [1.54, 1.807) is 63.2 Å². The number of carbonyl (C=O) groups is 2. The van der Waals surface area contributed by atoms with Crippen molar-refractivity contribution in [3.63, 3.8) is 0 Å². The van der Waals surface area contributed by atoms with Crippen molar-refractivity contribution in [1.82, 2.24) is 10.2 Å². The number of nitrogens with zero attached hydrogens (tertiary/aromatic N) is 2. The fraction of sp³-hybridized carbons (Fsp3) is 0.310. The smallest absolute Gasteiger partial charge is 0.264 e. The molecule has 0 fully saturated rings. The summed E-state index contributed by atoms with van der Waals surface area (Å²) in [5.41, 5.74) is 0.795. The highest BCUT2D eigenvalue weighted by atomic mass is 32.2. The van der Waals surface area contributed by atoms with E-state index in [0.717, 1.165) is 4.31 Å². The Labute approximate surface area is 229 Å². The largest absolute Gasteiger partial charge is 0.492 e. The maximum absolute atomic E-state index is 14.0. The Bertz CT molecular complexity index is 1350. The van der Waals surface area contributed by atoms with Crippen LogP contribution >= 0.6 is 0 Å². The molecule has 0 spiro atoms. The van der Waals surface area contributed by atoms with Crippen LogP contribution in [0.2, 0.25) is 0 Å². The fourth-order valence-electron chi connectivity index (χ4n) is 4.17. The zero-order valence-corrected chi connectivity index (χ0v) is 23.2. The van der Waals surface area contributed by atoms with Crippen LogP contribution in [-0.4, -0.2) is 50.9 Å². The summed E-state index contributed by atoms with van der Waals surface area (Å²) in [5, 5.41) is 2.75. The second-order valence-corrected chi connectivity index (χ2v) is 10.6. The van der Waals surface area contributed by atoms with Crippen LogP contribution in [0, 0.1) is 5.82 Å². The fourth-order valence-corrected chi connectivity index (χ4v) is 5.62. The number of anilines is 1. The highest BCUT2D eigenvalue weighted by molar-refractivity contribution is 7.92. The number of ether oxygens (including phenoxy) is 1. The second-order valence-electron chi connectivity index (χ2n) is 8.69. The van der Waals surface area contributed by atoms with Crippen LogP contribution in [0.25, 0.3) is 0 Å². The molecule has 1 N–H and O–H groups in total. The minimum atomic E-state index is -4.21. The van der Waals surface area contributed by atoms with Crippen molar-refractivity contribution in [2.45, 2.75) is 44.7 Å². The van der Waals surface area contributed by atoms with Crippen LogP contribution in [0.4, 0.5) is 10.1 Å². The van der Waals surface area contributed by atoms with E-state index in [9.17, 15) is 22.4 Å². The van der Waals surface area contributed by atoms with Gasteiger partial charge in [0.25, 0.3) is 10.0 Å². The quantitative estimate of drug-likeness (QED) is 0.338. The lowest BCUT2D eigenvalue weighted by molar-refractivity contribution is -0.140. The van der Waals surface area contributed by atoms with Crippen LogP contribution in [-0.2, 0) is 26.2 Å². The number of likely N-dealkylation sites (N-methyl/N-ethyl adjacent to an activating group) is 1. The Morgan fingerprint density at radius 3 is 2.18 bits per heavy atom. The van der Waals surface area contributed by atoms with E-state index >= 15 is 0 Å². The maximum Gasteiger partial charge on any atom is 0.264 e. The van der Waals surface area contributed by atoms with Gasteiger partial charge < -0.3 is 15.0 Å². The Morgan fingerprint density at radius 1 is 0.923 bits per heavy atom. The average molecular weight is 556 g/mol. The van der Waals surface area contributed by atoms with Crippen molar-refractivity contribution in [2.24, 2.45) is 0 Å². The van der Waals surface area contributed by atoms with Crippen molar-refractivity contribution in [2.75, 3.05) is 24.0 Å². The van der Waals surface area contributed by atoms with Gasteiger partial charge >= 0.3 is 0 Å². The number of nitrogens with one attached hydrogen (secondary N) is 1. The summed E-state index contributed by atoms with van der Waals surface area (Å²) in [6, 6.07) is 19.1. The van der Waals surface area contributed by atoms with E-state index in [0.29, 0.717) is 24.3 Å². The number of hydrogen-bond acceptors (Lipinski definition) is 5. The van der Waals surface area contributed by atoms with Crippen molar-refractivity contribution in [3.05, 3.63) is 90.2 Å². The maximum atomic E-state index is 14.0.